The van der Waals surface area contributed by atoms with E-state index in [0.29, 0.717) is 55.5 Å². The number of nitrogens with one attached hydrogen (secondary N) is 2. The van der Waals surface area contributed by atoms with E-state index in [1.807, 2.05) is 13.8 Å². The molecule has 0 radical (unpaired) electrons. The van der Waals surface area contributed by atoms with Gasteiger partial charge in [-0.05, 0) is 50.6 Å². The number of carbonyl (C=O) groups excluding carboxylic acids is 2. The second-order valence-corrected chi connectivity index (χ2v) is 6.72. The Kier molecular flexibility index (Phi) is 6.91. The first-order valence-electron chi connectivity index (χ1n) is 10.0. The van der Waals surface area contributed by atoms with Gasteiger partial charge < -0.3 is 25.2 Å². The van der Waals surface area contributed by atoms with Crippen LogP contribution in [-0.2, 0) is 15.3 Å². The molecular weight excluding hydrogens is 386 g/mol. The molecule has 0 aliphatic carbocycles. The predicted molar refractivity (Wildman–Crippen MR) is 114 cm³/mol. The summed E-state index contributed by atoms with van der Waals surface area (Å²) in [5.74, 6) is -0.0573. The summed E-state index contributed by atoms with van der Waals surface area (Å²) in [6.45, 7) is 5.67. The van der Waals surface area contributed by atoms with Gasteiger partial charge in [0, 0.05) is 31.0 Å². The summed E-state index contributed by atoms with van der Waals surface area (Å²) in [6, 6.07) is 12.7. The molecule has 1 atom stereocenters. The molecule has 160 valence electrons. The lowest BCUT2D eigenvalue weighted by atomic mass is 9.94. The Bertz CT molecular complexity index is 887. The van der Waals surface area contributed by atoms with Crippen LogP contribution in [-0.4, -0.2) is 43.4 Å². The first-order valence-corrected chi connectivity index (χ1v) is 10.0. The molecule has 3 amide bonds. The number of nitrogens with zero attached hydrogens (tertiary/aromatic N) is 1. The maximum absolute atomic E-state index is 13.2. The number of hydrogen-bond donors (Lipinski definition) is 3. The Morgan fingerprint density at radius 3 is 2.57 bits per heavy atom. The van der Waals surface area contributed by atoms with Crippen molar-refractivity contribution in [3.8, 4) is 5.75 Å². The molecule has 3 rings (SSSR count). The molecule has 1 heterocycles. The molecule has 0 unspecified atom stereocenters. The van der Waals surface area contributed by atoms with Crippen molar-refractivity contribution in [2.75, 3.05) is 36.6 Å². The van der Waals surface area contributed by atoms with Crippen molar-refractivity contribution in [3.63, 3.8) is 0 Å². The Labute approximate surface area is 175 Å². The van der Waals surface area contributed by atoms with E-state index in [-0.39, 0.29) is 0 Å². The quantitative estimate of drug-likeness (QED) is 0.549. The number of aliphatic hydroxyl groups is 1. The summed E-state index contributed by atoms with van der Waals surface area (Å²) in [5, 5.41) is 17.1. The average molecular weight is 413 g/mol. The minimum absolute atomic E-state index is 0.292. The van der Waals surface area contributed by atoms with E-state index in [1.165, 1.54) is 0 Å². The highest BCUT2D eigenvalue weighted by molar-refractivity contribution is 6.11. The smallest absolute Gasteiger partial charge is 0.329 e. The molecule has 2 aromatic carbocycles. The van der Waals surface area contributed by atoms with Crippen molar-refractivity contribution in [1.82, 2.24) is 5.32 Å². The van der Waals surface area contributed by atoms with Crippen LogP contribution in [0.3, 0.4) is 0 Å². The number of para-hydroxylation sites is 1. The minimum Gasteiger partial charge on any atom is -0.494 e. The molecule has 0 bridgehead atoms. The van der Waals surface area contributed by atoms with E-state index in [0.717, 1.165) is 4.90 Å². The second kappa shape index (κ2) is 9.60. The summed E-state index contributed by atoms with van der Waals surface area (Å²) in [5.41, 5.74) is -1.17. The molecule has 0 fully saturated rings. The second-order valence-electron chi connectivity index (χ2n) is 6.72. The third-order valence-electron chi connectivity index (χ3n) is 4.75. The normalized spacial score (nSPS) is 17.8. The Morgan fingerprint density at radius 1 is 1.13 bits per heavy atom. The van der Waals surface area contributed by atoms with Gasteiger partial charge in [-0.3, -0.25) is 9.69 Å². The number of rotatable bonds is 9. The van der Waals surface area contributed by atoms with Crippen LogP contribution in [0.5, 0.6) is 5.75 Å². The Morgan fingerprint density at radius 2 is 1.87 bits per heavy atom. The van der Waals surface area contributed by atoms with E-state index < -0.39 is 17.7 Å². The number of anilines is 2. The van der Waals surface area contributed by atoms with Crippen LogP contribution in [0.15, 0.2) is 48.5 Å². The summed E-state index contributed by atoms with van der Waals surface area (Å²) in [6.07, 6.45) is 0.590. The maximum atomic E-state index is 13.2. The van der Waals surface area contributed by atoms with Gasteiger partial charge in [0.2, 0.25) is 0 Å². The van der Waals surface area contributed by atoms with Crippen LogP contribution in [0.4, 0.5) is 16.2 Å². The zero-order chi connectivity index (χ0) is 21.6. The van der Waals surface area contributed by atoms with Gasteiger partial charge in [0.1, 0.15) is 5.75 Å². The highest BCUT2D eigenvalue weighted by Gasteiger charge is 2.51. The molecule has 0 saturated heterocycles. The van der Waals surface area contributed by atoms with E-state index in [1.54, 1.807) is 48.5 Å². The van der Waals surface area contributed by atoms with Gasteiger partial charge in [-0.1, -0.05) is 18.2 Å². The van der Waals surface area contributed by atoms with Gasteiger partial charge in [-0.2, -0.15) is 0 Å². The molecule has 1 aliphatic heterocycles. The minimum atomic E-state index is -2.21. The predicted octanol–water partition coefficient (Wildman–Crippen LogP) is 2.83. The van der Waals surface area contributed by atoms with E-state index in [2.05, 4.69) is 10.6 Å². The highest BCUT2D eigenvalue weighted by atomic mass is 16.5. The number of urea groups is 1. The molecule has 0 aromatic heterocycles. The first-order chi connectivity index (χ1) is 14.5. The van der Waals surface area contributed by atoms with Crippen LogP contribution in [0.25, 0.3) is 0 Å². The van der Waals surface area contributed by atoms with Crippen LogP contribution in [0.2, 0.25) is 0 Å². The molecule has 0 saturated carbocycles. The van der Waals surface area contributed by atoms with Crippen LogP contribution in [0.1, 0.15) is 25.8 Å². The fourth-order valence-electron chi connectivity index (χ4n) is 3.36. The molecule has 30 heavy (non-hydrogen) atoms. The van der Waals surface area contributed by atoms with Crippen LogP contribution in [0, 0.1) is 0 Å². The molecule has 1 aliphatic rings. The molecule has 3 N–H and O–H groups in total. The molecule has 0 spiro atoms. The number of hydrogen-bond acceptors (Lipinski definition) is 5. The van der Waals surface area contributed by atoms with Gasteiger partial charge in [0.05, 0.1) is 12.3 Å². The number of amides is 3. The fraction of sp³-hybridized carbons (Fsp3) is 0.364. The lowest BCUT2D eigenvalue weighted by molar-refractivity contribution is -0.140. The van der Waals surface area contributed by atoms with Gasteiger partial charge in [0.15, 0.2) is 0 Å². The zero-order valence-corrected chi connectivity index (χ0v) is 17.2. The standard InChI is InChI=1S/C22H27N3O5/c1-3-29-15-7-14-23-20(26)22(28)18-8-5-6-9-19(18)24-21(27)25(22)16-10-12-17(13-11-16)30-4-2/h5-6,8-13,28H,3-4,7,14-15H2,1-2H3,(H,23,26)(H,24,27)/t22-/m1/s1. The van der Waals surface area contributed by atoms with Crippen molar-refractivity contribution in [2.45, 2.75) is 26.0 Å². The number of carbonyl (C=O) groups is 2. The van der Waals surface area contributed by atoms with Crippen molar-refractivity contribution < 1.29 is 24.2 Å². The zero-order valence-electron chi connectivity index (χ0n) is 17.2. The lowest BCUT2D eigenvalue weighted by Crippen LogP contribution is -2.62. The molecule has 8 heteroatoms. The van der Waals surface area contributed by atoms with Crippen molar-refractivity contribution in [1.29, 1.82) is 0 Å². The monoisotopic (exact) mass is 413 g/mol. The highest BCUT2D eigenvalue weighted by Crippen LogP contribution is 2.40. The van der Waals surface area contributed by atoms with Gasteiger partial charge in [-0.15, -0.1) is 0 Å². The van der Waals surface area contributed by atoms with E-state index in [9.17, 15) is 14.7 Å². The van der Waals surface area contributed by atoms with E-state index in [4.69, 9.17) is 9.47 Å². The summed E-state index contributed by atoms with van der Waals surface area (Å²) < 4.78 is 10.7. The van der Waals surface area contributed by atoms with Crippen molar-refractivity contribution in [3.05, 3.63) is 54.1 Å². The fourth-order valence-corrected chi connectivity index (χ4v) is 3.36. The van der Waals surface area contributed by atoms with E-state index >= 15 is 0 Å². The van der Waals surface area contributed by atoms with Gasteiger partial charge >= 0.3 is 6.03 Å². The molecular formula is C22H27N3O5. The average Bonchev–Trinajstić information content (AvgIpc) is 2.75. The maximum Gasteiger partial charge on any atom is 0.329 e. The number of benzene rings is 2. The summed E-state index contributed by atoms with van der Waals surface area (Å²) >= 11 is 0. The Balaban J connectivity index is 1.94. The van der Waals surface area contributed by atoms with Gasteiger partial charge in [0.25, 0.3) is 11.6 Å². The molecule has 2 aromatic rings. The third kappa shape index (κ3) is 4.24. The Hall–Kier alpha value is -3.10. The van der Waals surface area contributed by atoms with Crippen LogP contribution >= 0.6 is 0 Å². The van der Waals surface area contributed by atoms with Crippen LogP contribution < -0.4 is 20.3 Å². The van der Waals surface area contributed by atoms with Crippen molar-refractivity contribution >= 4 is 23.3 Å². The van der Waals surface area contributed by atoms with Crippen molar-refractivity contribution in [2.24, 2.45) is 0 Å². The summed E-state index contributed by atoms with van der Waals surface area (Å²) in [7, 11) is 0. The van der Waals surface area contributed by atoms with Gasteiger partial charge in [-0.25, -0.2) is 4.79 Å². The molecule has 8 nitrogen and oxygen atoms in total. The largest absolute Gasteiger partial charge is 0.494 e. The first kappa shape index (κ1) is 21.6. The topological polar surface area (TPSA) is 100 Å². The third-order valence-corrected chi connectivity index (χ3v) is 4.75. The number of fused-ring (bicyclic) bond motifs is 1. The lowest BCUT2D eigenvalue weighted by Gasteiger charge is -2.42. The number of ether oxygens (including phenoxy) is 2. The summed E-state index contributed by atoms with van der Waals surface area (Å²) in [4.78, 5) is 27.2. The SMILES string of the molecule is CCOCCCNC(=O)[C@]1(O)c2ccccc2NC(=O)N1c1ccc(OCC)cc1.